The van der Waals surface area contributed by atoms with Crippen molar-refractivity contribution in [1.29, 1.82) is 0 Å². The van der Waals surface area contributed by atoms with E-state index in [1.807, 2.05) is 0 Å². The van der Waals surface area contributed by atoms with Crippen LogP contribution >= 0.6 is 12.4 Å². The lowest BCUT2D eigenvalue weighted by atomic mass is 9.85. The number of halogens is 1. The summed E-state index contributed by atoms with van der Waals surface area (Å²) in [5.41, 5.74) is 6.22. The maximum absolute atomic E-state index is 12.5. The highest BCUT2D eigenvalue weighted by Crippen LogP contribution is 2.25. The van der Waals surface area contributed by atoms with Gasteiger partial charge in [-0.05, 0) is 49.6 Å². The molecule has 0 heterocycles. The van der Waals surface area contributed by atoms with Gasteiger partial charge in [0.05, 0.1) is 4.90 Å². The number of benzene rings is 1. The lowest BCUT2D eigenvalue weighted by Crippen LogP contribution is -2.44. The Morgan fingerprint density at radius 1 is 1.21 bits per heavy atom. The second-order valence-electron chi connectivity index (χ2n) is 6.23. The summed E-state index contributed by atoms with van der Waals surface area (Å²) in [6, 6.07) is 5.91. The van der Waals surface area contributed by atoms with Crippen LogP contribution in [0.5, 0.6) is 0 Å². The number of carbonyl (C=O) groups is 1. The first kappa shape index (κ1) is 20.9. The largest absolute Gasteiger partial charge is 0.345 e. The Balaban J connectivity index is 0.00000288. The minimum Gasteiger partial charge on any atom is -0.345 e. The summed E-state index contributed by atoms with van der Waals surface area (Å²) in [5, 5.41) is 0. The molecule has 3 N–H and O–H groups in total. The minimum atomic E-state index is -3.60. The molecule has 0 bridgehead atoms. The molecule has 1 fully saturated rings. The Morgan fingerprint density at radius 3 is 2.33 bits per heavy atom. The lowest BCUT2D eigenvalue weighted by molar-refractivity contribution is 0.0827. The zero-order chi connectivity index (χ0) is 17.0. The number of nitrogens with zero attached hydrogens (tertiary/aromatic N) is 1. The van der Waals surface area contributed by atoms with Crippen LogP contribution in [0.4, 0.5) is 0 Å². The molecule has 6 nitrogen and oxygen atoms in total. The Bertz CT molecular complexity index is 647. The third-order valence-corrected chi connectivity index (χ3v) is 5.84. The third-order valence-electron chi connectivity index (χ3n) is 4.34. The van der Waals surface area contributed by atoms with Crippen molar-refractivity contribution in [2.45, 2.75) is 36.6 Å². The van der Waals surface area contributed by atoms with E-state index in [-0.39, 0.29) is 35.2 Å². The van der Waals surface area contributed by atoms with Crippen molar-refractivity contribution in [3.8, 4) is 0 Å². The molecule has 0 spiro atoms. The molecule has 0 aliphatic heterocycles. The SMILES string of the molecule is CN(C)C(=O)c1ccc(S(=O)(=O)NC2CCCCC2CN)cc1.Cl. The average Bonchev–Trinajstić information content (AvgIpc) is 2.54. The van der Waals surface area contributed by atoms with Crippen LogP contribution in [0.1, 0.15) is 36.0 Å². The maximum Gasteiger partial charge on any atom is 0.253 e. The first-order valence-electron chi connectivity index (χ1n) is 7.89. The van der Waals surface area contributed by atoms with Crippen molar-refractivity contribution in [3.05, 3.63) is 29.8 Å². The van der Waals surface area contributed by atoms with E-state index >= 15 is 0 Å². The number of amides is 1. The molecule has 0 aromatic heterocycles. The monoisotopic (exact) mass is 375 g/mol. The molecule has 1 saturated carbocycles. The second-order valence-corrected chi connectivity index (χ2v) is 7.95. The highest BCUT2D eigenvalue weighted by atomic mass is 35.5. The van der Waals surface area contributed by atoms with Gasteiger partial charge in [-0.25, -0.2) is 13.1 Å². The molecule has 1 aromatic rings. The van der Waals surface area contributed by atoms with Gasteiger partial charge in [0, 0.05) is 25.7 Å². The highest BCUT2D eigenvalue weighted by Gasteiger charge is 2.28. The molecular formula is C16H26ClN3O3S. The maximum atomic E-state index is 12.5. The van der Waals surface area contributed by atoms with E-state index in [1.54, 1.807) is 14.1 Å². The smallest absolute Gasteiger partial charge is 0.253 e. The number of rotatable bonds is 5. The molecule has 2 atom stereocenters. The van der Waals surface area contributed by atoms with Gasteiger partial charge in [0.15, 0.2) is 0 Å². The van der Waals surface area contributed by atoms with Crippen LogP contribution in [-0.4, -0.2) is 45.9 Å². The summed E-state index contributed by atoms with van der Waals surface area (Å²) >= 11 is 0. The summed E-state index contributed by atoms with van der Waals surface area (Å²) in [4.78, 5) is 13.5. The summed E-state index contributed by atoms with van der Waals surface area (Å²) in [6.07, 6.45) is 3.89. The number of hydrogen-bond donors (Lipinski definition) is 2. The van der Waals surface area contributed by atoms with E-state index in [0.717, 1.165) is 25.7 Å². The van der Waals surface area contributed by atoms with E-state index in [1.165, 1.54) is 29.2 Å². The summed E-state index contributed by atoms with van der Waals surface area (Å²) in [6.45, 7) is 0.490. The predicted molar refractivity (Wildman–Crippen MR) is 96.8 cm³/mol. The minimum absolute atomic E-state index is 0. The molecule has 2 unspecified atom stereocenters. The van der Waals surface area contributed by atoms with Gasteiger partial charge < -0.3 is 10.6 Å². The van der Waals surface area contributed by atoms with Gasteiger partial charge in [-0.1, -0.05) is 12.8 Å². The topological polar surface area (TPSA) is 92.5 Å². The number of nitrogens with one attached hydrogen (secondary N) is 1. The number of sulfonamides is 1. The van der Waals surface area contributed by atoms with Gasteiger partial charge >= 0.3 is 0 Å². The predicted octanol–water partition coefficient (Wildman–Crippen LogP) is 1.61. The lowest BCUT2D eigenvalue weighted by Gasteiger charge is -2.31. The molecule has 8 heteroatoms. The van der Waals surface area contributed by atoms with E-state index in [0.29, 0.717) is 12.1 Å². The zero-order valence-electron chi connectivity index (χ0n) is 14.1. The molecule has 1 aliphatic carbocycles. The van der Waals surface area contributed by atoms with Crippen molar-refractivity contribution in [1.82, 2.24) is 9.62 Å². The van der Waals surface area contributed by atoms with Crippen LogP contribution in [0.2, 0.25) is 0 Å². The van der Waals surface area contributed by atoms with E-state index in [9.17, 15) is 13.2 Å². The average molecular weight is 376 g/mol. The van der Waals surface area contributed by atoms with Crippen molar-refractivity contribution >= 4 is 28.3 Å². The molecule has 1 aliphatic rings. The Labute approximate surface area is 150 Å². The van der Waals surface area contributed by atoms with Crippen LogP contribution in [-0.2, 0) is 10.0 Å². The van der Waals surface area contributed by atoms with Crippen molar-refractivity contribution < 1.29 is 13.2 Å². The standard InChI is InChI=1S/C16H25N3O3S.ClH/c1-19(2)16(20)12-7-9-14(10-8-12)23(21,22)18-15-6-4-3-5-13(15)11-17;/h7-10,13,15,18H,3-6,11,17H2,1-2H3;1H. The normalized spacial score (nSPS) is 21.0. The molecule has 0 radical (unpaired) electrons. The summed E-state index contributed by atoms with van der Waals surface area (Å²) < 4.78 is 27.8. The van der Waals surface area contributed by atoms with Gasteiger partial charge in [0.1, 0.15) is 0 Å². The number of hydrogen-bond acceptors (Lipinski definition) is 4. The quantitative estimate of drug-likeness (QED) is 0.817. The summed E-state index contributed by atoms with van der Waals surface area (Å²) in [5.74, 6) is 0.0329. The van der Waals surface area contributed by atoms with Gasteiger partial charge in [-0.2, -0.15) is 0 Å². The van der Waals surface area contributed by atoms with E-state index < -0.39 is 10.0 Å². The molecule has 2 rings (SSSR count). The molecule has 1 amide bonds. The fourth-order valence-electron chi connectivity index (χ4n) is 2.95. The third kappa shape index (κ3) is 4.92. The Kier molecular flexibility index (Phi) is 7.66. The number of nitrogens with two attached hydrogens (primary N) is 1. The zero-order valence-corrected chi connectivity index (χ0v) is 15.7. The Hall–Kier alpha value is -1.15. The van der Waals surface area contributed by atoms with Gasteiger partial charge in [-0.3, -0.25) is 4.79 Å². The van der Waals surface area contributed by atoms with Crippen molar-refractivity contribution in [3.63, 3.8) is 0 Å². The molecule has 1 aromatic carbocycles. The van der Waals surface area contributed by atoms with Gasteiger partial charge in [0.2, 0.25) is 10.0 Å². The van der Waals surface area contributed by atoms with Gasteiger partial charge in [-0.15, -0.1) is 12.4 Å². The van der Waals surface area contributed by atoms with Crippen LogP contribution in [0.25, 0.3) is 0 Å². The molecule has 136 valence electrons. The van der Waals surface area contributed by atoms with Crippen LogP contribution in [0.3, 0.4) is 0 Å². The van der Waals surface area contributed by atoms with Crippen LogP contribution in [0.15, 0.2) is 29.2 Å². The van der Waals surface area contributed by atoms with Gasteiger partial charge in [0.25, 0.3) is 5.91 Å². The molecule has 24 heavy (non-hydrogen) atoms. The van der Waals surface area contributed by atoms with E-state index in [4.69, 9.17) is 5.73 Å². The fraction of sp³-hybridized carbons (Fsp3) is 0.562. The molecule has 0 saturated heterocycles. The van der Waals surface area contributed by atoms with E-state index in [2.05, 4.69) is 4.72 Å². The van der Waals surface area contributed by atoms with Crippen LogP contribution in [0, 0.1) is 5.92 Å². The Morgan fingerprint density at radius 2 is 1.79 bits per heavy atom. The first-order valence-corrected chi connectivity index (χ1v) is 9.37. The first-order chi connectivity index (χ1) is 10.8. The molecular weight excluding hydrogens is 350 g/mol. The van der Waals surface area contributed by atoms with Crippen molar-refractivity contribution in [2.24, 2.45) is 11.7 Å². The number of carbonyl (C=O) groups excluding carboxylic acids is 1. The van der Waals surface area contributed by atoms with Crippen LogP contribution < -0.4 is 10.5 Å². The fourth-order valence-corrected chi connectivity index (χ4v) is 4.29. The second kappa shape index (κ2) is 8.80. The highest BCUT2D eigenvalue weighted by molar-refractivity contribution is 7.89. The van der Waals surface area contributed by atoms with Crippen molar-refractivity contribution in [2.75, 3.05) is 20.6 Å². The summed E-state index contributed by atoms with van der Waals surface area (Å²) in [7, 11) is -0.281.